The van der Waals surface area contributed by atoms with Gasteiger partial charge in [0.15, 0.2) is 0 Å². The molecule has 3 heteroatoms. The molecule has 1 unspecified atom stereocenters. The van der Waals surface area contributed by atoms with Crippen molar-refractivity contribution in [3.8, 4) is 5.75 Å². The molecule has 0 aliphatic rings. The Kier molecular flexibility index (Phi) is 4.40. The Morgan fingerprint density at radius 1 is 1.57 bits per heavy atom. The highest BCUT2D eigenvalue weighted by atomic mass is 16.5. The highest BCUT2D eigenvalue weighted by molar-refractivity contribution is 5.26. The first-order chi connectivity index (χ1) is 6.77. The molecular formula is C11H18N2O. The van der Waals surface area contributed by atoms with Crippen LogP contribution >= 0.6 is 0 Å². The minimum Gasteiger partial charge on any atom is -0.495 e. The Morgan fingerprint density at radius 3 is 3.00 bits per heavy atom. The van der Waals surface area contributed by atoms with Crippen molar-refractivity contribution in [2.24, 2.45) is 0 Å². The van der Waals surface area contributed by atoms with Gasteiger partial charge < -0.3 is 10.1 Å². The zero-order valence-electron chi connectivity index (χ0n) is 9.08. The normalized spacial score (nSPS) is 12.5. The van der Waals surface area contributed by atoms with Gasteiger partial charge in [-0.25, -0.2) is 0 Å². The zero-order chi connectivity index (χ0) is 10.4. The molecule has 0 saturated heterocycles. The van der Waals surface area contributed by atoms with Crippen LogP contribution in [0.25, 0.3) is 0 Å². The number of ether oxygens (including phenoxy) is 1. The monoisotopic (exact) mass is 194 g/mol. The summed E-state index contributed by atoms with van der Waals surface area (Å²) in [4.78, 5) is 4.30. The van der Waals surface area contributed by atoms with Crippen LogP contribution < -0.4 is 10.1 Å². The van der Waals surface area contributed by atoms with Gasteiger partial charge in [0, 0.05) is 12.2 Å². The average molecular weight is 194 g/mol. The van der Waals surface area contributed by atoms with E-state index in [-0.39, 0.29) is 0 Å². The van der Waals surface area contributed by atoms with Crippen LogP contribution in [-0.2, 0) is 6.42 Å². The van der Waals surface area contributed by atoms with Crippen molar-refractivity contribution in [1.29, 1.82) is 0 Å². The Labute approximate surface area is 85.5 Å². The second-order valence-corrected chi connectivity index (χ2v) is 3.38. The molecule has 78 valence electrons. The van der Waals surface area contributed by atoms with Gasteiger partial charge in [-0.15, -0.1) is 0 Å². The topological polar surface area (TPSA) is 34.2 Å². The summed E-state index contributed by atoms with van der Waals surface area (Å²) in [6, 6.07) is 4.36. The van der Waals surface area contributed by atoms with Crippen LogP contribution in [0.2, 0.25) is 0 Å². The fourth-order valence-electron chi connectivity index (χ4n) is 1.29. The van der Waals surface area contributed by atoms with Crippen molar-refractivity contribution >= 4 is 0 Å². The molecule has 0 aliphatic carbocycles. The van der Waals surface area contributed by atoms with Crippen molar-refractivity contribution in [3.63, 3.8) is 0 Å². The first-order valence-corrected chi connectivity index (χ1v) is 4.93. The third-order valence-corrected chi connectivity index (χ3v) is 2.38. The molecule has 1 aromatic rings. The molecule has 1 rings (SSSR count). The number of nitrogens with zero attached hydrogens (tertiary/aromatic N) is 1. The van der Waals surface area contributed by atoms with Crippen molar-refractivity contribution in [1.82, 2.24) is 10.3 Å². The van der Waals surface area contributed by atoms with Gasteiger partial charge in [0.1, 0.15) is 5.75 Å². The van der Waals surface area contributed by atoms with Crippen molar-refractivity contribution in [3.05, 3.63) is 24.0 Å². The van der Waals surface area contributed by atoms with Crippen LogP contribution in [0.15, 0.2) is 18.3 Å². The molecule has 0 radical (unpaired) electrons. The molecule has 0 aliphatic heterocycles. The average Bonchev–Trinajstić information content (AvgIpc) is 2.26. The summed E-state index contributed by atoms with van der Waals surface area (Å²) in [5.41, 5.74) is 1.04. The van der Waals surface area contributed by atoms with E-state index in [1.807, 2.05) is 25.4 Å². The Bertz CT molecular complexity index is 276. The minimum atomic E-state index is 0.515. The Morgan fingerprint density at radius 2 is 2.36 bits per heavy atom. The largest absolute Gasteiger partial charge is 0.495 e. The number of hydrogen-bond acceptors (Lipinski definition) is 3. The third-order valence-electron chi connectivity index (χ3n) is 2.38. The molecule has 0 saturated carbocycles. The van der Waals surface area contributed by atoms with Gasteiger partial charge in [-0.1, -0.05) is 0 Å². The lowest BCUT2D eigenvalue weighted by atomic mass is 10.1. The maximum Gasteiger partial charge on any atom is 0.140 e. The van der Waals surface area contributed by atoms with E-state index >= 15 is 0 Å². The van der Waals surface area contributed by atoms with Crippen molar-refractivity contribution < 1.29 is 4.74 Å². The van der Waals surface area contributed by atoms with Gasteiger partial charge in [-0.2, -0.15) is 0 Å². The first-order valence-electron chi connectivity index (χ1n) is 4.93. The van der Waals surface area contributed by atoms with E-state index in [1.54, 1.807) is 7.11 Å². The third kappa shape index (κ3) is 3.00. The molecule has 0 fully saturated rings. The standard InChI is InChI=1S/C11H18N2O/c1-9(12-2)6-7-10-11(14-3)5-4-8-13-10/h4-5,8-9,12H,6-7H2,1-3H3. The summed E-state index contributed by atoms with van der Waals surface area (Å²) in [6.07, 6.45) is 3.83. The maximum absolute atomic E-state index is 5.23. The van der Waals surface area contributed by atoms with E-state index in [2.05, 4.69) is 17.2 Å². The number of methoxy groups -OCH3 is 1. The van der Waals surface area contributed by atoms with Crippen LogP contribution in [0.3, 0.4) is 0 Å². The lowest BCUT2D eigenvalue weighted by Crippen LogP contribution is -2.21. The molecule has 1 heterocycles. The van der Waals surface area contributed by atoms with Gasteiger partial charge in [-0.3, -0.25) is 4.98 Å². The number of hydrogen-bond donors (Lipinski definition) is 1. The number of rotatable bonds is 5. The van der Waals surface area contributed by atoms with Crippen LogP contribution in [0.5, 0.6) is 5.75 Å². The van der Waals surface area contributed by atoms with Crippen LogP contribution in [0.1, 0.15) is 19.0 Å². The SMILES string of the molecule is CNC(C)CCc1ncccc1OC. The lowest BCUT2D eigenvalue weighted by Gasteiger charge is -2.11. The van der Waals surface area contributed by atoms with Crippen LogP contribution in [-0.4, -0.2) is 25.2 Å². The van der Waals surface area contributed by atoms with Crippen LogP contribution in [0.4, 0.5) is 0 Å². The van der Waals surface area contributed by atoms with Gasteiger partial charge in [0.2, 0.25) is 0 Å². The summed E-state index contributed by atoms with van der Waals surface area (Å²) in [7, 11) is 3.66. The molecule has 0 bridgehead atoms. The quantitative estimate of drug-likeness (QED) is 0.773. The number of aryl methyl sites for hydroxylation is 1. The number of pyridine rings is 1. The second kappa shape index (κ2) is 5.60. The van der Waals surface area contributed by atoms with E-state index < -0.39 is 0 Å². The van der Waals surface area contributed by atoms with Crippen LogP contribution in [0, 0.1) is 0 Å². The summed E-state index contributed by atoms with van der Waals surface area (Å²) in [5.74, 6) is 0.885. The Balaban J connectivity index is 2.57. The Hall–Kier alpha value is -1.09. The summed E-state index contributed by atoms with van der Waals surface area (Å²) >= 11 is 0. The zero-order valence-corrected chi connectivity index (χ0v) is 9.08. The fraction of sp³-hybridized carbons (Fsp3) is 0.545. The lowest BCUT2D eigenvalue weighted by molar-refractivity contribution is 0.404. The summed E-state index contributed by atoms with van der Waals surface area (Å²) in [6.45, 7) is 2.16. The predicted octanol–water partition coefficient (Wildman–Crippen LogP) is 1.63. The molecule has 0 amide bonds. The van der Waals surface area contributed by atoms with E-state index in [4.69, 9.17) is 4.74 Å². The predicted molar refractivity (Wildman–Crippen MR) is 57.6 cm³/mol. The number of nitrogens with one attached hydrogen (secondary N) is 1. The smallest absolute Gasteiger partial charge is 0.140 e. The molecule has 1 aromatic heterocycles. The molecule has 0 aromatic carbocycles. The fourth-order valence-corrected chi connectivity index (χ4v) is 1.29. The minimum absolute atomic E-state index is 0.515. The molecule has 1 N–H and O–H groups in total. The van der Waals surface area contributed by atoms with Crippen molar-refractivity contribution in [2.75, 3.05) is 14.2 Å². The van der Waals surface area contributed by atoms with Crippen molar-refractivity contribution in [2.45, 2.75) is 25.8 Å². The number of aromatic nitrogens is 1. The van der Waals surface area contributed by atoms with E-state index in [0.29, 0.717) is 6.04 Å². The van der Waals surface area contributed by atoms with Gasteiger partial charge in [0.25, 0.3) is 0 Å². The first kappa shape index (κ1) is 11.0. The highest BCUT2D eigenvalue weighted by Gasteiger charge is 2.05. The van der Waals surface area contributed by atoms with E-state index in [0.717, 1.165) is 24.3 Å². The molecule has 14 heavy (non-hydrogen) atoms. The maximum atomic E-state index is 5.23. The molecule has 1 atom stereocenters. The van der Waals surface area contributed by atoms with Gasteiger partial charge >= 0.3 is 0 Å². The van der Waals surface area contributed by atoms with Gasteiger partial charge in [-0.05, 0) is 38.9 Å². The highest BCUT2D eigenvalue weighted by Crippen LogP contribution is 2.16. The van der Waals surface area contributed by atoms with E-state index in [1.165, 1.54) is 0 Å². The molecule has 0 spiro atoms. The van der Waals surface area contributed by atoms with E-state index in [9.17, 15) is 0 Å². The molecular weight excluding hydrogens is 176 g/mol. The second-order valence-electron chi connectivity index (χ2n) is 3.38. The summed E-state index contributed by atoms with van der Waals surface area (Å²) < 4.78 is 5.23. The molecule has 3 nitrogen and oxygen atoms in total. The van der Waals surface area contributed by atoms with Gasteiger partial charge in [0.05, 0.1) is 12.8 Å². The summed E-state index contributed by atoms with van der Waals surface area (Å²) in [5, 5.41) is 3.20.